The first kappa shape index (κ1) is 13.5. The highest BCUT2D eigenvalue weighted by atomic mass is 79.9. The van der Waals surface area contributed by atoms with Crippen LogP contribution in [0.2, 0.25) is 0 Å². The van der Waals surface area contributed by atoms with Gasteiger partial charge in [-0.3, -0.25) is 0 Å². The van der Waals surface area contributed by atoms with Gasteiger partial charge in [0.1, 0.15) is 5.75 Å². The molecule has 0 aliphatic rings. The van der Waals surface area contributed by atoms with E-state index in [0.717, 1.165) is 21.6 Å². The number of aromatic nitrogens is 2. The average Bonchev–Trinajstić information content (AvgIpc) is 2.72. The van der Waals surface area contributed by atoms with E-state index >= 15 is 0 Å². The Labute approximate surface area is 120 Å². The zero-order valence-corrected chi connectivity index (χ0v) is 13.2. The Morgan fingerprint density at radius 3 is 2.56 bits per heavy atom. The molecule has 2 rings (SSSR count). The minimum absolute atomic E-state index is 0.0479. The number of nitrogens with zero attached hydrogens (tertiary/aromatic N) is 2. The maximum atomic E-state index is 5.71. The zero-order chi connectivity index (χ0) is 13.3. The molecule has 0 saturated heterocycles. The van der Waals surface area contributed by atoms with Crippen LogP contribution >= 0.6 is 27.5 Å². The molecule has 0 radical (unpaired) electrons. The Hall–Kier alpha value is -0.940. The predicted octanol–water partition coefficient (Wildman–Crippen LogP) is 4.70. The number of halogens is 1. The number of aryl methyl sites for hydroxylation is 1. The first-order valence-corrected chi connectivity index (χ1v) is 7.21. The molecule has 2 aromatic rings. The van der Waals surface area contributed by atoms with Crippen molar-refractivity contribution in [3.63, 3.8) is 0 Å². The second-order valence-corrected chi connectivity index (χ2v) is 6.72. The lowest BCUT2D eigenvalue weighted by atomic mass is 9.96. The van der Waals surface area contributed by atoms with Crippen molar-refractivity contribution in [3.8, 4) is 10.9 Å². The van der Waals surface area contributed by atoms with Gasteiger partial charge in [0.2, 0.25) is 0 Å². The highest BCUT2D eigenvalue weighted by molar-refractivity contribution is 9.10. The summed E-state index contributed by atoms with van der Waals surface area (Å²) in [6.07, 6.45) is 0. The standard InChI is InChI=1S/C13H15BrN2OS/c1-8-7-9(5-6-10(8)14)17-12-15-11(16-18-12)13(2,3)4/h5-7H,1-4H3. The third-order valence-corrected chi connectivity index (χ3v) is 3.90. The minimum atomic E-state index is -0.0479. The summed E-state index contributed by atoms with van der Waals surface area (Å²) < 4.78 is 11.1. The number of rotatable bonds is 2. The molecular weight excluding hydrogens is 312 g/mol. The summed E-state index contributed by atoms with van der Waals surface area (Å²) in [5.41, 5.74) is 1.08. The van der Waals surface area contributed by atoms with Crippen molar-refractivity contribution < 1.29 is 4.74 Å². The molecule has 0 atom stereocenters. The topological polar surface area (TPSA) is 35.0 Å². The summed E-state index contributed by atoms with van der Waals surface area (Å²) >= 11 is 4.75. The molecule has 5 heteroatoms. The Balaban J connectivity index is 2.19. The van der Waals surface area contributed by atoms with Crippen LogP contribution in [0.25, 0.3) is 0 Å². The van der Waals surface area contributed by atoms with Gasteiger partial charge in [0.25, 0.3) is 5.19 Å². The van der Waals surface area contributed by atoms with Crippen molar-refractivity contribution in [2.24, 2.45) is 0 Å². The molecule has 0 saturated carbocycles. The van der Waals surface area contributed by atoms with E-state index in [1.807, 2.05) is 25.1 Å². The largest absolute Gasteiger partial charge is 0.430 e. The Bertz CT molecular complexity index is 560. The number of hydrogen-bond donors (Lipinski definition) is 0. The molecule has 1 aromatic carbocycles. The first-order valence-electron chi connectivity index (χ1n) is 5.64. The highest BCUT2D eigenvalue weighted by Gasteiger charge is 2.20. The van der Waals surface area contributed by atoms with Gasteiger partial charge in [0, 0.05) is 21.4 Å². The average molecular weight is 327 g/mol. The van der Waals surface area contributed by atoms with Gasteiger partial charge in [0.15, 0.2) is 5.82 Å². The maximum Gasteiger partial charge on any atom is 0.298 e. The van der Waals surface area contributed by atoms with Crippen molar-refractivity contribution in [2.45, 2.75) is 33.1 Å². The maximum absolute atomic E-state index is 5.71. The van der Waals surface area contributed by atoms with E-state index in [-0.39, 0.29) is 5.41 Å². The second kappa shape index (κ2) is 4.97. The molecule has 18 heavy (non-hydrogen) atoms. The molecule has 0 aliphatic heterocycles. The van der Waals surface area contributed by atoms with Gasteiger partial charge in [0.05, 0.1) is 0 Å². The van der Waals surface area contributed by atoms with Crippen LogP contribution in [-0.2, 0) is 5.41 Å². The summed E-state index contributed by atoms with van der Waals surface area (Å²) in [5.74, 6) is 1.60. The van der Waals surface area contributed by atoms with Crippen molar-refractivity contribution in [1.29, 1.82) is 0 Å². The molecule has 0 aliphatic carbocycles. The van der Waals surface area contributed by atoms with E-state index in [1.54, 1.807) is 0 Å². The third kappa shape index (κ3) is 3.09. The Kier molecular flexibility index (Phi) is 3.73. The fourth-order valence-corrected chi connectivity index (χ4v) is 2.32. The smallest absolute Gasteiger partial charge is 0.298 e. The minimum Gasteiger partial charge on any atom is -0.430 e. The van der Waals surface area contributed by atoms with Gasteiger partial charge in [-0.2, -0.15) is 9.36 Å². The van der Waals surface area contributed by atoms with Gasteiger partial charge in [-0.05, 0) is 30.7 Å². The van der Waals surface area contributed by atoms with E-state index in [0.29, 0.717) is 5.19 Å². The molecule has 3 nitrogen and oxygen atoms in total. The molecular formula is C13H15BrN2OS. The van der Waals surface area contributed by atoms with E-state index in [4.69, 9.17) is 4.74 Å². The highest BCUT2D eigenvalue weighted by Crippen LogP contribution is 2.29. The summed E-state index contributed by atoms with van der Waals surface area (Å²) in [5, 5.41) is 0.585. The molecule has 96 valence electrons. The number of ether oxygens (including phenoxy) is 1. The lowest BCUT2D eigenvalue weighted by Gasteiger charge is -2.12. The van der Waals surface area contributed by atoms with E-state index < -0.39 is 0 Å². The van der Waals surface area contributed by atoms with Gasteiger partial charge in [-0.1, -0.05) is 36.7 Å². The summed E-state index contributed by atoms with van der Waals surface area (Å²) in [6, 6.07) is 5.86. The molecule has 0 unspecified atom stereocenters. The zero-order valence-electron chi connectivity index (χ0n) is 10.8. The Morgan fingerprint density at radius 1 is 1.28 bits per heavy atom. The molecule has 1 heterocycles. The van der Waals surface area contributed by atoms with Crippen molar-refractivity contribution >= 4 is 27.5 Å². The van der Waals surface area contributed by atoms with Crippen LogP contribution in [0.3, 0.4) is 0 Å². The predicted molar refractivity (Wildman–Crippen MR) is 77.6 cm³/mol. The number of hydrogen-bond acceptors (Lipinski definition) is 4. The molecule has 0 spiro atoms. The lowest BCUT2D eigenvalue weighted by molar-refractivity contribution is 0.467. The molecule has 0 N–H and O–H groups in total. The lowest BCUT2D eigenvalue weighted by Crippen LogP contribution is -2.12. The van der Waals surface area contributed by atoms with Gasteiger partial charge in [-0.15, -0.1) is 0 Å². The fraction of sp³-hybridized carbons (Fsp3) is 0.385. The monoisotopic (exact) mass is 326 g/mol. The number of benzene rings is 1. The van der Waals surface area contributed by atoms with Crippen LogP contribution in [0.4, 0.5) is 0 Å². The third-order valence-electron chi connectivity index (χ3n) is 2.41. The fourth-order valence-electron chi connectivity index (χ4n) is 1.34. The van der Waals surface area contributed by atoms with Crippen LogP contribution in [0.1, 0.15) is 32.2 Å². The molecule has 1 aromatic heterocycles. The summed E-state index contributed by atoms with van der Waals surface area (Å²) in [7, 11) is 0. The van der Waals surface area contributed by atoms with Crippen LogP contribution < -0.4 is 4.74 Å². The van der Waals surface area contributed by atoms with Gasteiger partial charge in [-0.25, -0.2) is 0 Å². The normalized spacial score (nSPS) is 11.6. The van der Waals surface area contributed by atoms with Crippen LogP contribution in [0, 0.1) is 6.92 Å². The first-order chi connectivity index (χ1) is 8.36. The van der Waals surface area contributed by atoms with E-state index in [1.165, 1.54) is 11.5 Å². The van der Waals surface area contributed by atoms with Crippen molar-refractivity contribution in [1.82, 2.24) is 9.36 Å². The van der Waals surface area contributed by atoms with Gasteiger partial charge >= 0.3 is 0 Å². The van der Waals surface area contributed by atoms with Crippen LogP contribution in [-0.4, -0.2) is 9.36 Å². The van der Waals surface area contributed by atoms with Crippen LogP contribution in [0.15, 0.2) is 22.7 Å². The molecule has 0 fully saturated rings. The summed E-state index contributed by atoms with van der Waals surface area (Å²) in [6.45, 7) is 8.28. The molecule has 0 bridgehead atoms. The SMILES string of the molecule is Cc1cc(Oc2nc(C(C)(C)C)ns2)ccc1Br. The summed E-state index contributed by atoms with van der Waals surface area (Å²) in [4.78, 5) is 4.40. The van der Waals surface area contributed by atoms with Crippen molar-refractivity contribution in [2.75, 3.05) is 0 Å². The molecule has 0 amide bonds. The Morgan fingerprint density at radius 2 is 2.00 bits per heavy atom. The second-order valence-electron chi connectivity index (χ2n) is 5.15. The van der Waals surface area contributed by atoms with Crippen LogP contribution in [0.5, 0.6) is 10.9 Å². The van der Waals surface area contributed by atoms with E-state index in [9.17, 15) is 0 Å². The van der Waals surface area contributed by atoms with E-state index in [2.05, 4.69) is 46.1 Å². The van der Waals surface area contributed by atoms with Gasteiger partial charge < -0.3 is 4.74 Å². The van der Waals surface area contributed by atoms with Crippen molar-refractivity contribution in [3.05, 3.63) is 34.1 Å². The quantitative estimate of drug-likeness (QED) is 0.802.